The Morgan fingerprint density at radius 1 is 0.291 bits per heavy atom. The third kappa shape index (κ3) is 11.0. The first-order valence-electron chi connectivity index (χ1n) is 27.7. The molecule has 0 aliphatic carbocycles. The van der Waals surface area contributed by atoms with E-state index in [4.69, 9.17) is 4.74 Å². The molecule has 0 amide bonds. The van der Waals surface area contributed by atoms with Gasteiger partial charge in [-0.3, -0.25) is 0 Å². The van der Waals surface area contributed by atoms with Crippen molar-refractivity contribution in [1.82, 2.24) is 0 Å². The van der Waals surface area contributed by atoms with E-state index in [-0.39, 0.29) is 5.41 Å². The van der Waals surface area contributed by atoms with Gasteiger partial charge in [0.15, 0.2) is 0 Å². The third-order valence-electron chi connectivity index (χ3n) is 16.0. The van der Waals surface area contributed by atoms with E-state index in [9.17, 15) is 0 Å². The minimum absolute atomic E-state index is 0.263. The molecule has 0 heterocycles. The van der Waals surface area contributed by atoms with Crippen LogP contribution in [0, 0.1) is 6.92 Å². The molecule has 0 saturated heterocycles. The van der Waals surface area contributed by atoms with Gasteiger partial charge in [0.2, 0.25) is 0 Å². The van der Waals surface area contributed by atoms with E-state index in [2.05, 4.69) is 331 Å². The normalized spacial score (nSPS) is 12.2. The number of benzene rings is 11. The van der Waals surface area contributed by atoms with Crippen molar-refractivity contribution in [3.05, 3.63) is 312 Å². The summed E-state index contributed by atoms with van der Waals surface area (Å²) in [4.78, 5) is 4.47. The zero-order chi connectivity index (χ0) is 54.3. The summed E-state index contributed by atoms with van der Waals surface area (Å²) in [6.45, 7) is 9.56. The molecular formula is C76H68N2O. The molecule has 79 heavy (non-hydrogen) atoms. The van der Waals surface area contributed by atoms with E-state index in [0.717, 1.165) is 57.0 Å². The largest absolute Gasteiger partial charge is 0.361 e. The second-order valence-corrected chi connectivity index (χ2v) is 21.4. The second-order valence-electron chi connectivity index (χ2n) is 21.4. The number of ether oxygens (including phenoxy) is 1. The van der Waals surface area contributed by atoms with Crippen LogP contribution in [-0.4, -0.2) is 20.7 Å². The number of rotatable bonds is 17. The van der Waals surface area contributed by atoms with Gasteiger partial charge < -0.3 is 14.5 Å². The Hall–Kier alpha value is -9.02. The van der Waals surface area contributed by atoms with E-state index in [1.807, 2.05) is 0 Å². The topological polar surface area (TPSA) is 15.7 Å². The highest BCUT2D eigenvalue weighted by atomic mass is 16.5. The van der Waals surface area contributed by atoms with Crippen LogP contribution in [0.2, 0.25) is 0 Å². The van der Waals surface area contributed by atoms with Crippen molar-refractivity contribution in [1.29, 1.82) is 0 Å². The molecule has 3 nitrogen and oxygen atoms in total. The number of anilines is 4. The molecule has 11 aromatic rings. The van der Waals surface area contributed by atoms with Crippen LogP contribution in [0.5, 0.6) is 0 Å². The lowest BCUT2D eigenvalue weighted by molar-refractivity contribution is 0.0133. The standard InChI is InChI=1S/C76H68N2O/c1-7-54-79-76(68-38-24-60(25-39-68)58-20-18-55(2)19-21-58,69-40-26-61(27-41-69)65-34-52-74(53-35-65)78(6)72-48-30-63(31-49-72)57-16-12-9-13-17-57)70-44-42-67(43-45-70)75(3,4)66-36-22-59(23-37-66)64-32-50-73(51-33-64)77(5)71-46-28-62(29-47-71)56-14-10-8-11-15-56/h8-53H,7,54H2,1-6H3. The highest BCUT2D eigenvalue weighted by Gasteiger charge is 2.38. The SMILES string of the molecule is CCCOC(c1ccc(-c2ccc(C)cc2)cc1)(c1ccc(-c2ccc(N(C)c3ccc(-c4ccccc4)cc3)cc2)cc1)c1ccc(C(C)(C)c2ccc(-c3ccc(N(C)c4ccc(-c5ccccc5)cc4)cc3)cc2)cc1. The van der Waals surface area contributed by atoms with Gasteiger partial charge in [0.05, 0.1) is 0 Å². The molecule has 11 aromatic carbocycles. The summed E-state index contributed by atoms with van der Waals surface area (Å²) in [7, 11) is 4.26. The van der Waals surface area contributed by atoms with Crippen LogP contribution in [0.15, 0.2) is 279 Å². The zero-order valence-electron chi connectivity index (χ0n) is 46.3. The fraction of sp³-hybridized carbons (Fsp3) is 0.132. The van der Waals surface area contributed by atoms with Crippen LogP contribution in [0.3, 0.4) is 0 Å². The average Bonchev–Trinajstić information content (AvgIpc) is 3.66. The molecule has 3 heteroatoms. The Balaban J connectivity index is 0.851. The van der Waals surface area contributed by atoms with Crippen LogP contribution in [0.4, 0.5) is 22.7 Å². The third-order valence-corrected chi connectivity index (χ3v) is 16.0. The van der Waals surface area contributed by atoms with E-state index in [0.29, 0.717) is 6.61 Å². The fourth-order valence-electron chi connectivity index (χ4n) is 11.0. The average molecular weight is 1030 g/mol. The Kier molecular flexibility index (Phi) is 15.1. The molecule has 11 rings (SSSR count). The molecule has 388 valence electrons. The van der Waals surface area contributed by atoms with Gasteiger partial charge in [-0.05, 0) is 145 Å². The first kappa shape index (κ1) is 52.1. The van der Waals surface area contributed by atoms with E-state index >= 15 is 0 Å². The minimum atomic E-state index is -0.870. The number of nitrogens with zero attached hydrogens (tertiary/aromatic N) is 2. The number of hydrogen-bond donors (Lipinski definition) is 0. The van der Waals surface area contributed by atoms with E-state index in [1.54, 1.807) is 0 Å². The van der Waals surface area contributed by atoms with Crippen molar-refractivity contribution in [3.63, 3.8) is 0 Å². The summed E-state index contributed by atoms with van der Waals surface area (Å²) in [5.74, 6) is 0. The van der Waals surface area contributed by atoms with Crippen molar-refractivity contribution in [2.24, 2.45) is 0 Å². The van der Waals surface area contributed by atoms with Gasteiger partial charge in [-0.1, -0.05) is 257 Å². The lowest BCUT2D eigenvalue weighted by atomic mass is 9.75. The van der Waals surface area contributed by atoms with Crippen LogP contribution in [-0.2, 0) is 15.8 Å². The van der Waals surface area contributed by atoms with Crippen LogP contribution < -0.4 is 9.80 Å². The molecule has 0 radical (unpaired) electrons. The zero-order valence-corrected chi connectivity index (χ0v) is 46.3. The predicted molar refractivity (Wildman–Crippen MR) is 335 cm³/mol. The van der Waals surface area contributed by atoms with Crippen molar-refractivity contribution in [3.8, 4) is 55.6 Å². The van der Waals surface area contributed by atoms with E-state index < -0.39 is 5.60 Å². The monoisotopic (exact) mass is 1020 g/mol. The Morgan fingerprint density at radius 2 is 0.519 bits per heavy atom. The summed E-state index contributed by atoms with van der Waals surface area (Å²) >= 11 is 0. The number of aryl methyl sites for hydroxylation is 1. The van der Waals surface area contributed by atoms with Gasteiger partial charge in [0.25, 0.3) is 0 Å². The highest BCUT2D eigenvalue weighted by molar-refractivity contribution is 5.75. The molecule has 0 spiro atoms. The summed E-state index contributed by atoms with van der Waals surface area (Å²) < 4.78 is 7.28. The maximum atomic E-state index is 7.28. The van der Waals surface area contributed by atoms with Crippen molar-refractivity contribution in [2.45, 2.75) is 45.1 Å². The highest BCUT2D eigenvalue weighted by Crippen LogP contribution is 2.44. The molecule has 1 atom stereocenters. The van der Waals surface area contributed by atoms with Gasteiger partial charge in [0.1, 0.15) is 5.60 Å². The molecular weight excluding hydrogens is 957 g/mol. The molecule has 0 N–H and O–H groups in total. The maximum Gasteiger partial charge on any atom is 0.143 e. The smallest absolute Gasteiger partial charge is 0.143 e. The Morgan fingerprint density at radius 3 is 0.810 bits per heavy atom. The van der Waals surface area contributed by atoms with Crippen molar-refractivity contribution < 1.29 is 4.74 Å². The van der Waals surface area contributed by atoms with Crippen LogP contribution >= 0.6 is 0 Å². The van der Waals surface area contributed by atoms with Gasteiger partial charge in [-0.15, -0.1) is 0 Å². The van der Waals surface area contributed by atoms with E-state index in [1.165, 1.54) is 61.2 Å². The molecule has 0 fully saturated rings. The lowest BCUT2D eigenvalue weighted by Gasteiger charge is -2.37. The van der Waals surface area contributed by atoms with Gasteiger partial charge >= 0.3 is 0 Å². The minimum Gasteiger partial charge on any atom is -0.361 e. The summed E-state index contributed by atoms with van der Waals surface area (Å²) in [5, 5.41) is 0. The molecule has 0 aliphatic rings. The summed E-state index contributed by atoms with van der Waals surface area (Å²) in [5.41, 5.74) is 22.4. The molecule has 0 aromatic heterocycles. The first-order valence-corrected chi connectivity index (χ1v) is 27.7. The maximum absolute atomic E-state index is 7.28. The van der Waals surface area contributed by atoms with Crippen molar-refractivity contribution in [2.75, 3.05) is 30.5 Å². The van der Waals surface area contributed by atoms with Gasteiger partial charge in [-0.2, -0.15) is 0 Å². The van der Waals surface area contributed by atoms with Gasteiger partial charge in [-0.25, -0.2) is 0 Å². The first-order chi connectivity index (χ1) is 38.6. The van der Waals surface area contributed by atoms with Crippen LogP contribution in [0.1, 0.15) is 60.6 Å². The fourth-order valence-corrected chi connectivity index (χ4v) is 11.0. The second kappa shape index (κ2) is 22.9. The van der Waals surface area contributed by atoms with Crippen molar-refractivity contribution >= 4 is 22.7 Å². The summed E-state index contributed by atoms with van der Waals surface area (Å²) in [6, 6.07) is 101. The summed E-state index contributed by atoms with van der Waals surface area (Å²) in [6.07, 6.45) is 0.880. The predicted octanol–water partition coefficient (Wildman–Crippen LogP) is 19.9. The molecule has 1 unspecified atom stereocenters. The number of hydrogen-bond acceptors (Lipinski definition) is 3. The Bertz CT molecular complexity index is 3720. The molecule has 0 saturated carbocycles. The lowest BCUT2D eigenvalue weighted by Crippen LogP contribution is -2.33. The van der Waals surface area contributed by atoms with Gasteiger partial charge in [0, 0.05) is 48.9 Å². The Labute approximate surface area is 468 Å². The molecule has 0 aliphatic heterocycles. The van der Waals surface area contributed by atoms with Crippen LogP contribution in [0.25, 0.3) is 55.6 Å². The quantitative estimate of drug-likeness (QED) is 0.0846. The molecule has 0 bridgehead atoms.